The number of para-hydroxylation sites is 1. The van der Waals surface area contributed by atoms with Gasteiger partial charge in [0.15, 0.2) is 5.76 Å². The quantitative estimate of drug-likeness (QED) is 0.600. The van der Waals surface area contributed by atoms with Gasteiger partial charge >= 0.3 is 0 Å². The molecule has 1 aliphatic rings. The molecule has 0 radical (unpaired) electrons. The molecule has 7 heteroatoms. The lowest BCUT2D eigenvalue weighted by molar-refractivity contribution is -0.122. The first-order valence-electron chi connectivity index (χ1n) is 10.6. The van der Waals surface area contributed by atoms with E-state index in [9.17, 15) is 14.0 Å². The Bertz CT molecular complexity index is 1100. The number of primary amides is 1. The predicted octanol–water partition coefficient (Wildman–Crippen LogP) is 4.26. The van der Waals surface area contributed by atoms with Crippen molar-refractivity contribution in [3.8, 4) is 17.1 Å². The van der Waals surface area contributed by atoms with Crippen LogP contribution in [-0.4, -0.2) is 36.4 Å². The van der Waals surface area contributed by atoms with E-state index in [1.54, 1.807) is 35.2 Å². The van der Waals surface area contributed by atoms with E-state index in [1.807, 2.05) is 30.3 Å². The van der Waals surface area contributed by atoms with Gasteiger partial charge in [0.25, 0.3) is 5.91 Å². The summed E-state index contributed by atoms with van der Waals surface area (Å²) >= 11 is 0. The van der Waals surface area contributed by atoms with Crippen molar-refractivity contribution in [2.24, 2.45) is 11.1 Å². The number of piperidine rings is 1. The lowest BCUT2D eigenvalue weighted by Crippen LogP contribution is -2.50. The molecule has 2 heterocycles. The Morgan fingerprint density at radius 3 is 2.56 bits per heavy atom. The van der Waals surface area contributed by atoms with Crippen molar-refractivity contribution in [3.05, 3.63) is 78.3 Å². The van der Waals surface area contributed by atoms with Gasteiger partial charge in [0.1, 0.15) is 17.3 Å². The standard InChI is InChI=1S/C25H25FN2O4/c26-20-10-5-4-9-19(20)21-11-12-22(32-21)24(30)28-14-6-13-25(16-28,15-23(27)29)17-31-18-7-2-1-3-8-18/h1-5,7-12H,6,13-17H2,(H2,27,29). The Labute approximate surface area is 185 Å². The van der Waals surface area contributed by atoms with Gasteiger partial charge in [0, 0.05) is 24.9 Å². The SMILES string of the molecule is NC(=O)CC1(COc2ccccc2)CCCN(C(=O)c2ccc(-c3ccccc3F)o2)C1. The number of carbonyl (C=O) groups excluding carboxylic acids is 2. The number of hydrogen-bond donors (Lipinski definition) is 1. The molecule has 0 bridgehead atoms. The van der Waals surface area contributed by atoms with Crippen molar-refractivity contribution in [2.75, 3.05) is 19.7 Å². The first-order chi connectivity index (χ1) is 15.5. The average molecular weight is 436 g/mol. The van der Waals surface area contributed by atoms with E-state index in [-0.39, 0.29) is 24.7 Å². The van der Waals surface area contributed by atoms with Crippen molar-refractivity contribution in [1.82, 2.24) is 4.90 Å². The predicted molar refractivity (Wildman–Crippen MR) is 117 cm³/mol. The highest BCUT2D eigenvalue weighted by Gasteiger charge is 2.40. The van der Waals surface area contributed by atoms with E-state index in [4.69, 9.17) is 14.9 Å². The van der Waals surface area contributed by atoms with Gasteiger partial charge in [0.2, 0.25) is 5.91 Å². The fourth-order valence-corrected chi connectivity index (χ4v) is 4.23. The monoisotopic (exact) mass is 436 g/mol. The van der Waals surface area contributed by atoms with Crippen molar-refractivity contribution in [2.45, 2.75) is 19.3 Å². The highest BCUT2D eigenvalue weighted by molar-refractivity contribution is 5.92. The molecule has 0 saturated carbocycles. The third kappa shape index (κ3) is 4.82. The molecular formula is C25H25FN2O4. The molecule has 4 rings (SSSR count). The zero-order valence-corrected chi connectivity index (χ0v) is 17.6. The number of benzene rings is 2. The number of hydrogen-bond acceptors (Lipinski definition) is 4. The largest absolute Gasteiger partial charge is 0.493 e. The average Bonchev–Trinajstić information content (AvgIpc) is 3.28. The number of nitrogens with zero attached hydrogens (tertiary/aromatic N) is 1. The first-order valence-corrected chi connectivity index (χ1v) is 10.6. The van der Waals surface area contributed by atoms with Crippen LogP contribution in [0.1, 0.15) is 29.8 Å². The van der Waals surface area contributed by atoms with Crippen molar-refractivity contribution in [3.63, 3.8) is 0 Å². The number of carbonyl (C=O) groups is 2. The van der Waals surface area contributed by atoms with Crippen LogP contribution in [0.4, 0.5) is 4.39 Å². The minimum atomic E-state index is -0.587. The molecule has 1 aliphatic heterocycles. The molecule has 32 heavy (non-hydrogen) atoms. The number of rotatable bonds is 7. The maximum atomic E-state index is 14.1. The number of nitrogens with two attached hydrogens (primary N) is 1. The van der Waals surface area contributed by atoms with Crippen molar-refractivity contribution >= 4 is 11.8 Å². The summed E-state index contributed by atoms with van der Waals surface area (Å²) in [6.07, 6.45) is 1.53. The highest BCUT2D eigenvalue weighted by atomic mass is 19.1. The lowest BCUT2D eigenvalue weighted by atomic mass is 9.77. The van der Waals surface area contributed by atoms with Gasteiger partial charge in [-0.05, 0) is 49.2 Å². The highest BCUT2D eigenvalue weighted by Crippen LogP contribution is 2.35. The number of halogens is 1. The van der Waals surface area contributed by atoms with Gasteiger partial charge in [-0.1, -0.05) is 30.3 Å². The van der Waals surface area contributed by atoms with E-state index >= 15 is 0 Å². The molecule has 1 atom stereocenters. The Kier molecular flexibility index (Phi) is 6.25. The van der Waals surface area contributed by atoms with Crippen LogP contribution in [0.15, 0.2) is 71.1 Å². The molecule has 3 aromatic rings. The lowest BCUT2D eigenvalue weighted by Gasteiger charge is -2.41. The number of amides is 2. The maximum absolute atomic E-state index is 14.1. The third-order valence-corrected chi connectivity index (χ3v) is 5.74. The van der Waals surface area contributed by atoms with Gasteiger partial charge in [-0.15, -0.1) is 0 Å². The Hall–Kier alpha value is -3.61. The summed E-state index contributed by atoms with van der Waals surface area (Å²) in [5.74, 6) is -0.0456. The number of furan rings is 1. The summed E-state index contributed by atoms with van der Waals surface area (Å²) in [6.45, 7) is 1.11. The molecule has 1 unspecified atom stereocenters. The molecule has 0 aliphatic carbocycles. The molecule has 2 N–H and O–H groups in total. The van der Waals surface area contributed by atoms with Crippen LogP contribution in [0, 0.1) is 11.2 Å². The zero-order chi connectivity index (χ0) is 22.6. The molecule has 2 amide bonds. The van der Waals surface area contributed by atoms with Crippen LogP contribution < -0.4 is 10.5 Å². The van der Waals surface area contributed by atoms with Crippen LogP contribution in [-0.2, 0) is 4.79 Å². The minimum absolute atomic E-state index is 0.113. The Balaban J connectivity index is 1.51. The zero-order valence-electron chi connectivity index (χ0n) is 17.6. The van der Waals surface area contributed by atoms with Crippen LogP contribution in [0.25, 0.3) is 11.3 Å². The first kappa shape index (κ1) is 21.6. The second kappa shape index (κ2) is 9.26. The van der Waals surface area contributed by atoms with Crippen LogP contribution in [0.2, 0.25) is 0 Å². The number of likely N-dealkylation sites (tertiary alicyclic amines) is 1. The second-order valence-electron chi connectivity index (χ2n) is 8.22. The van der Waals surface area contributed by atoms with Gasteiger partial charge < -0.3 is 19.8 Å². The molecule has 6 nitrogen and oxygen atoms in total. The molecule has 166 valence electrons. The summed E-state index contributed by atoms with van der Waals surface area (Å²) in [7, 11) is 0. The van der Waals surface area contributed by atoms with Gasteiger partial charge in [0.05, 0.1) is 12.2 Å². The molecular weight excluding hydrogens is 411 g/mol. The summed E-state index contributed by atoms with van der Waals surface area (Å²) in [5.41, 5.74) is 5.25. The number of ether oxygens (including phenoxy) is 1. The topological polar surface area (TPSA) is 85.8 Å². The molecule has 1 saturated heterocycles. The summed E-state index contributed by atoms with van der Waals surface area (Å²) in [4.78, 5) is 26.6. The van der Waals surface area contributed by atoms with E-state index < -0.39 is 17.1 Å². The Morgan fingerprint density at radius 1 is 1.06 bits per heavy atom. The van der Waals surface area contributed by atoms with Crippen LogP contribution in [0.5, 0.6) is 5.75 Å². The molecule has 1 fully saturated rings. The van der Waals surface area contributed by atoms with Gasteiger partial charge in [-0.25, -0.2) is 4.39 Å². The summed E-state index contributed by atoms with van der Waals surface area (Å²) in [6, 6.07) is 18.7. The smallest absolute Gasteiger partial charge is 0.289 e. The minimum Gasteiger partial charge on any atom is -0.493 e. The van der Waals surface area contributed by atoms with Crippen molar-refractivity contribution in [1.29, 1.82) is 0 Å². The molecule has 0 spiro atoms. The van der Waals surface area contributed by atoms with Crippen LogP contribution >= 0.6 is 0 Å². The summed E-state index contributed by atoms with van der Waals surface area (Å²) < 4.78 is 25.7. The maximum Gasteiger partial charge on any atom is 0.289 e. The Morgan fingerprint density at radius 2 is 1.81 bits per heavy atom. The second-order valence-corrected chi connectivity index (χ2v) is 8.22. The van der Waals surface area contributed by atoms with E-state index in [2.05, 4.69) is 0 Å². The fourth-order valence-electron chi connectivity index (χ4n) is 4.23. The van der Waals surface area contributed by atoms with Crippen LogP contribution in [0.3, 0.4) is 0 Å². The summed E-state index contributed by atoms with van der Waals surface area (Å²) in [5, 5.41) is 0. The van der Waals surface area contributed by atoms with E-state index in [0.717, 1.165) is 0 Å². The van der Waals surface area contributed by atoms with Crippen molar-refractivity contribution < 1.29 is 23.1 Å². The molecule has 2 aromatic carbocycles. The normalized spacial score (nSPS) is 18.3. The van der Waals surface area contributed by atoms with E-state index in [0.29, 0.717) is 43.0 Å². The van der Waals surface area contributed by atoms with E-state index in [1.165, 1.54) is 6.07 Å². The van der Waals surface area contributed by atoms with Gasteiger partial charge in [-0.3, -0.25) is 9.59 Å². The fraction of sp³-hybridized carbons (Fsp3) is 0.280. The van der Waals surface area contributed by atoms with Gasteiger partial charge in [-0.2, -0.15) is 0 Å². The third-order valence-electron chi connectivity index (χ3n) is 5.74. The molecule has 1 aromatic heterocycles.